The molecule has 2 aromatic carbocycles. The molecule has 4 aromatic rings. The lowest BCUT2D eigenvalue weighted by Gasteiger charge is -2.04. The summed E-state index contributed by atoms with van der Waals surface area (Å²) >= 11 is 1.52. The molecule has 0 spiro atoms. The predicted octanol–water partition coefficient (Wildman–Crippen LogP) is 4.99. The van der Waals surface area contributed by atoms with E-state index in [2.05, 4.69) is 4.98 Å². The number of aromatic nitrogens is 1. The van der Waals surface area contributed by atoms with Crippen LogP contribution in [0.5, 0.6) is 0 Å². The van der Waals surface area contributed by atoms with Crippen molar-refractivity contribution in [3.8, 4) is 10.8 Å². The number of carbonyl (C=O) groups excluding carboxylic acids is 2. The van der Waals surface area contributed by atoms with Crippen molar-refractivity contribution in [2.75, 3.05) is 0 Å². The molecule has 0 aliphatic rings. The van der Waals surface area contributed by atoms with E-state index >= 15 is 0 Å². The molecule has 28 heavy (non-hydrogen) atoms. The standard InChI is InChI=1S/C22H15NO4S/c24-20(15-5-2-1-3-6-15)16-8-10-17(11-9-16)22(25)27-14-18-13-26-21(23-18)19-7-4-12-28-19/h1-13H,14H2. The lowest BCUT2D eigenvalue weighted by atomic mass is 10.0. The molecule has 0 aliphatic heterocycles. The molecule has 0 aliphatic carbocycles. The molecule has 5 nitrogen and oxygen atoms in total. The summed E-state index contributed by atoms with van der Waals surface area (Å²) in [5, 5.41) is 1.94. The van der Waals surface area contributed by atoms with E-state index in [4.69, 9.17) is 9.15 Å². The van der Waals surface area contributed by atoms with E-state index in [9.17, 15) is 9.59 Å². The van der Waals surface area contributed by atoms with E-state index in [1.54, 1.807) is 36.4 Å². The maximum absolute atomic E-state index is 12.4. The molecule has 0 unspecified atom stereocenters. The molecule has 0 radical (unpaired) electrons. The Labute approximate surface area is 165 Å². The zero-order chi connectivity index (χ0) is 19.3. The Morgan fingerprint density at radius 1 is 0.893 bits per heavy atom. The highest BCUT2D eigenvalue weighted by Crippen LogP contribution is 2.24. The van der Waals surface area contributed by atoms with Gasteiger partial charge in [0.15, 0.2) is 5.78 Å². The van der Waals surface area contributed by atoms with Crippen molar-refractivity contribution < 1.29 is 18.7 Å². The number of nitrogens with zero attached hydrogens (tertiary/aromatic N) is 1. The first-order chi connectivity index (χ1) is 13.7. The SMILES string of the molecule is O=C(OCc1coc(-c2cccs2)n1)c1ccc(C(=O)c2ccccc2)cc1. The first-order valence-electron chi connectivity index (χ1n) is 8.56. The van der Waals surface area contributed by atoms with E-state index in [1.807, 2.05) is 35.7 Å². The second-order valence-corrected chi connectivity index (χ2v) is 6.92. The van der Waals surface area contributed by atoms with Crippen LogP contribution in [-0.2, 0) is 11.3 Å². The summed E-state index contributed by atoms with van der Waals surface area (Å²) in [5.74, 6) is -0.0755. The molecule has 6 heteroatoms. The van der Waals surface area contributed by atoms with E-state index in [-0.39, 0.29) is 12.4 Å². The van der Waals surface area contributed by atoms with Crippen LogP contribution in [-0.4, -0.2) is 16.7 Å². The lowest BCUT2D eigenvalue weighted by molar-refractivity contribution is 0.0467. The summed E-state index contributed by atoms with van der Waals surface area (Å²) in [4.78, 5) is 29.9. The monoisotopic (exact) mass is 389 g/mol. The number of ether oxygens (including phenoxy) is 1. The van der Waals surface area contributed by atoms with E-state index in [0.29, 0.717) is 28.3 Å². The number of hydrogen-bond acceptors (Lipinski definition) is 6. The maximum Gasteiger partial charge on any atom is 0.338 e. The highest BCUT2D eigenvalue weighted by Gasteiger charge is 2.13. The van der Waals surface area contributed by atoms with Gasteiger partial charge in [0.05, 0.1) is 10.4 Å². The number of ketones is 1. The fourth-order valence-electron chi connectivity index (χ4n) is 2.62. The smallest absolute Gasteiger partial charge is 0.338 e. The number of carbonyl (C=O) groups is 2. The second kappa shape index (κ2) is 8.02. The van der Waals surface area contributed by atoms with Gasteiger partial charge in [-0.2, -0.15) is 0 Å². The van der Waals surface area contributed by atoms with Crippen molar-refractivity contribution in [3.05, 3.63) is 101 Å². The average molecular weight is 389 g/mol. The molecule has 0 fully saturated rings. The molecule has 0 bridgehead atoms. The summed E-state index contributed by atoms with van der Waals surface area (Å²) in [6, 6.07) is 19.2. The van der Waals surface area contributed by atoms with Crippen molar-refractivity contribution >= 4 is 23.1 Å². The van der Waals surface area contributed by atoms with Gasteiger partial charge in [-0.3, -0.25) is 4.79 Å². The largest absolute Gasteiger partial charge is 0.455 e. The van der Waals surface area contributed by atoms with Crippen LogP contribution in [0.3, 0.4) is 0 Å². The molecule has 0 atom stereocenters. The molecule has 0 amide bonds. The molecular weight excluding hydrogens is 374 g/mol. The minimum absolute atomic E-state index is 0.0123. The van der Waals surface area contributed by atoms with Crippen LogP contribution in [0.15, 0.2) is 82.8 Å². The zero-order valence-corrected chi connectivity index (χ0v) is 15.5. The van der Waals surface area contributed by atoms with Crippen molar-refractivity contribution in [1.82, 2.24) is 4.98 Å². The van der Waals surface area contributed by atoms with E-state index < -0.39 is 5.97 Å². The van der Waals surface area contributed by atoms with Crippen LogP contribution in [0.1, 0.15) is 32.0 Å². The number of esters is 1. The van der Waals surface area contributed by atoms with Gasteiger partial charge in [0.2, 0.25) is 5.89 Å². The Morgan fingerprint density at radius 3 is 2.32 bits per heavy atom. The molecule has 0 saturated carbocycles. The Morgan fingerprint density at radius 2 is 1.61 bits per heavy atom. The third-order valence-corrected chi connectivity index (χ3v) is 4.91. The molecular formula is C22H15NO4S. The highest BCUT2D eigenvalue weighted by atomic mass is 32.1. The van der Waals surface area contributed by atoms with Crippen molar-refractivity contribution in [1.29, 1.82) is 0 Å². The van der Waals surface area contributed by atoms with Crippen molar-refractivity contribution in [3.63, 3.8) is 0 Å². The molecule has 2 aromatic heterocycles. The topological polar surface area (TPSA) is 69.4 Å². The Bertz CT molecular complexity index is 1080. The van der Waals surface area contributed by atoms with Crippen LogP contribution in [0, 0.1) is 0 Å². The summed E-state index contributed by atoms with van der Waals surface area (Å²) in [6.45, 7) is 0.0123. The number of oxazole rings is 1. The summed E-state index contributed by atoms with van der Waals surface area (Å²) in [7, 11) is 0. The summed E-state index contributed by atoms with van der Waals surface area (Å²) in [6.07, 6.45) is 1.48. The summed E-state index contributed by atoms with van der Waals surface area (Å²) < 4.78 is 10.7. The minimum atomic E-state index is -0.487. The highest BCUT2D eigenvalue weighted by molar-refractivity contribution is 7.13. The van der Waals surface area contributed by atoms with Crippen molar-refractivity contribution in [2.24, 2.45) is 0 Å². The lowest BCUT2D eigenvalue weighted by Crippen LogP contribution is -2.07. The zero-order valence-electron chi connectivity index (χ0n) is 14.7. The van der Waals surface area contributed by atoms with Gasteiger partial charge in [0, 0.05) is 11.1 Å². The maximum atomic E-state index is 12.4. The first kappa shape index (κ1) is 17.9. The Balaban J connectivity index is 1.38. The fourth-order valence-corrected chi connectivity index (χ4v) is 3.28. The third kappa shape index (κ3) is 3.92. The van der Waals surface area contributed by atoms with Crippen molar-refractivity contribution in [2.45, 2.75) is 6.61 Å². The van der Waals surface area contributed by atoms with Gasteiger partial charge in [0.25, 0.3) is 0 Å². The normalized spacial score (nSPS) is 10.6. The van der Waals surface area contributed by atoms with E-state index in [1.165, 1.54) is 17.6 Å². The van der Waals surface area contributed by atoms with Gasteiger partial charge < -0.3 is 9.15 Å². The van der Waals surface area contributed by atoms with Gasteiger partial charge in [-0.1, -0.05) is 48.5 Å². The average Bonchev–Trinajstić information content (AvgIpc) is 3.44. The third-order valence-electron chi connectivity index (χ3n) is 4.05. The molecule has 138 valence electrons. The quantitative estimate of drug-likeness (QED) is 0.343. The van der Waals surface area contributed by atoms with Crippen LogP contribution in [0.25, 0.3) is 10.8 Å². The summed E-state index contributed by atoms with van der Waals surface area (Å²) in [5.41, 5.74) is 2.02. The fraction of sp³-hybridized carbons (Fsp3) is 0.0455. The van der Waals surface area contributed by atoms with Gasteiger partial charge in [-0.25, -0.2) is 9.78 Å². The van der Waals surface area contributed by atoms with Crippen LogP contribution >= 0.6 is 11.3 Å². The van der Waals surface area contributed by atoms with Gasteiger partial charge in [0.1, 0.15) is 18.6 Å². The van der Waals surface area contributed by atoms with Crippen LogP contribution in [0.2, 0.25) is 0 Å². The predicted molar refractivity (Wildman–Crippen MR) is 105 cm³/mol. The molecule has 4 rings (SSSR count). The second-order valence-electron chi connectivity index (χ2n) is 5.97. The van der Waals surface area contributed by atoms with Crippen LogP contribution < -0.4 is 0 Å². The van der Waals surface area contributed by atoms with Gasteiger partial charge in [-0.15, -0.1) is 11.3 Å². The molecule has 2 heterocycles. The Hall–Kier alpha value is -3.51. The molecule has 0 N–H and O–H groups in total. The van der Waals surface area contributed by atoms with E-state index in [0.717, 1.165) is 4.88 Å². The number of thiophene rings is 1. The van der Waals surface area contributed by atoms with Gasteiger partial charge >= 0.3 is 5.97 Å². The minimum Gasteiger partial charge on any atom is -0.455 e. The number of hydrogen-bond donors (Lipinski definition) is 0. The number of benzene rings is 2. The Kier molecular flexibility index (Phi) is 5.12. The van der Waals surface area contributed by atoms with Crippen LogP contribution in [0.4, 0.5) is 0 Å². The number of rotatable bonds is 6. The van der Waals surface area contributed by atoms with Gasteiger partial charge in [-0.05, 0) is 23.6 Å². The first-order valence-corrected chi connectivity index (χ1v) is 9.44. The molecule has 0 saturated heterocycles.